The minimum atomic E-state index is -4.05. The first-order valence-corrected chi connectivity index (χ1v) is 12.1. The number of nitrogens with zero attached hydrogens (tertiary/aromatic N) is 1. The van der Waals surface area contributed by atoms with Gasteiger partial charge in [0.1, 0.15) is 11.6 Å². The summed E-state index contributed by atoms with van der Waals surface area (Å²) in [6.07, 6.45) is 0. The maximum atomic E-state index is 13.4. The molecule has 3 aromatic carbocycles. The van der Waals surface area contributed by atoms with Gasteiger partial charge in [0, 0.05) is 13.1 Å². The van der Waals surface area contributed by atoms with E-state index in [1.165, 1.54) is 30.3 Å². The number of amides is 1. The number of ether oxygens (including phenoxy) is 1. The van der Waals surface area contributed by atoms with Crippen molar-refractivity contribution >= 4 is 27.5 Å². The van der Waals surface area contributed by atoms with Crippen molar-refractivity contribution in [3.63, 3.8) is 0 Å². The van der Waals surface area contributed by atoms with Crippen LogP contribution in [0, 0.1) is 5.82 Å². The van der Waals surface area contributed by atoms with Crippen molar-refractivity contribution in [1.29, 1.82) is 0 Å². The van der Waals surface area contributed by atoms with Gasteiger partial charge in [-0.3, -0.25) is 4.79 Å². The van der Waals surface area contributed by atoms with E-state index in [0.717, 1.165) is 9.87 Å². The van der Waals surface area contributed by atoms with Crippen LogP contribution < -0.4 is 10.1 Å². The number of nitrogens with one attached hydrogen (secondary N) is 1. The Morgan fingerprint density at radius 2 is 1.73 bits per heavy atom. The minimum Gasteiger partial charge on any atom is -0.492 e. The first-order valence-electron chi connectivity index (χ1n) is 10.3. The van der Waals surface area contributed by atoms with E-state index in [-0.39, 0.29) is 28.8 Å². The van der Waals surface area contributed by atoms with E-state index >= 15 is 0 Å². The van der Waals surface area contributed by atoms with Crippen LogP contribution in [0.3, 0.4) is 0 Å². The highest BCUT2D eigenvalue weighted by atomic mass is 35.5. The molecule has 0 unspecified atom stereocenters. The third-order valence-electron chi connectivity index (χ3n) is 4.77. The molecule has 0 fully saturated rings. The smallest absolute Gasteiger partial charge is 0.243 e. The Kier molecular flexibility index (Phi) is 8.43. The lowest BCUT2D eigenvalue weighted by atomic mass is 10.2. The molecular formula is C24H24ClFN2O4S. The molecule has 6 nitrogen and oxygen atoms in total. The van der Waals surface area contributed by atoms with Gasteiger partial charge >= 0.3 is 0 Å². The first kappa shape index (κ1) is 24.7. The topological polar surface area (TPSA) is 75.7 Å². The highest BCUT2D eigenvalue weighted by molar-refractivity contribution is 7.89. The lowest BCUT2D eigenvalue weighted by Gasteiger charge is -2.22. The molecule has 33 heavy (non-hydrogen) atoms. The Hall–Kier alpha value is -2.94. The van der Waals surface area contributed by atoms with E-state index in [4.69, 9.17) is 16.3 Å². The SMILES string of the molecule is CCOc1ccc(S(=O)(=O)N(CC(=O)NCc2ccc(F)cc2)Cc2ccccc2)cc1Cl. The van der Waals surface area contributed by atoms with Gasteiger partial charge in [-0.2, -0.15) is 4.31 Å². The summed E-state index contributed by atoms with van der Waals surface area (Å²) in [5.41, 5.74) is 1.42. The second kappa shape index (κ2) is 11.3. The minimum absolute atomic E-state index is 0.00201. The summed E-state index contributed by atoms with van der Waals surface area (Å²) in [6.45, 7) is 1.93. The fourth-order valence-electron chi connectivity index (χ4n) is 3.10. The Bertz CT molecular complexity index is 1190. The van der Waals surface area contributed by atoms with E-state index < -0.39 is 22.5 Å². The predicted molar refractivity (Wildman–Crippen MR) is 125 cm³/mol. The van der Waals surface area contributed by atoms with E-state index in [2.05, 4.69) is 5.32 Å². The number of hydrogen-bond acceptors (Lipinski definition) is 4. The van der Waals surface area contributed by atoms with Crippen molar-refractivity contribution in [3.05, 3.63) is 94.8 Å². The summed E-state index contributed by atoms with van der Waals surface area (Å²) in [6, 6.07) is 18.9. The normalized spacial score (nSPS) is 11.4. The Morgan fingerprint density at radius 3 is 2.36 bits per heavy atom. The van der Waals surface area contributed by atoms with Crippen LogP contribution in [0.25, 0.3) is 0 Å². The zero-order valence-corrected chi connectivity index (χ0v) is 19.6. The van der Waals surface area contributed by atoms with Crippen molar-refractivity contribution in [1.82, 2.24) is 9.62 Å². The van der Waals surface area contributed by atoms with Crippen molar-refractivity contribution in [2.24, 2.45) is 0 Å². The molecule has 3 aromatic rings. The molecule has 0 heterocycles. The number of carbonyl (C=O) groups is 1. The van der Waals surface area contributed by atoms with E-state index in [0.29, 0.717) is 17.9 Å². The maximum Gasteiger partial charge on any atom is 0.243 e. The molecule has 0 atom stereocenters. The van der Waals surface area contributed by atoms with Crippen LogP contribution in [0.1, 0.15) is 18.1 Å². The molecule has 0 aromatic heterocycles. The van der Waals surface area contributed by atoms with Crippen LogP contribution in [0.2, 0.25) is 5.02 Å². The monoisotopic (exact) mass is 490 g/mol. The second-order valence-corrected chi connectivity index (χ2v) is 9.53. The van der Waals surface area contributed by atoms with E-state index in [1.807, 2.05) is 6.07 Å². The molecule has 1 N–H and O–H groups in total. The number of sulfonamides is 1. The van der Waals surface area contributed by atoms with Gasteiger partial charge in [0.2, 0.25) is 15.9 Å². The van der Waals surface area contributed by atoms with Crippen LogP contribution in [-0.4, -0.2) is 31.8 Å². The average molecular weight is 491 g/mol. The summed E-state index contributed by atoms with van der Waals surface area (Å²) in [5, 5.41) is 2.85. The summed E-state index contributed by atoms with van der Waals surface area (Å²) >= 11 is 6.20. The lowest BCUT2D eigenvalue weighted by molar-refractivity contribution is -0.121. The van der Waals surface area contributed by atoms with Gasteiger partial charge in [-0.1, -0.05) is 54.1 Å². The molecule has 9 heteroatoms. The summed E-state index contributed by atoms with van der Waals surface area (Å²) in [4.78, 5) is 12.6. The number of carbonyl (C=O) groups excluding carboxylic acids is 1. The molecule has 0 radical (unpaired) electrons. The van der Waals surface area contributed by atoms with E-state index in [9.17, 15) is 17.6 Å². The lowest BCUT2D eigenvalue weighted by Crippen LogP contribution is -2.40. The number of rotatable bonds is 10. The second-order valence-electron chi connectivity index (χ2n) is 7.19. The van der Waals surface area contributed by atoms with Gasteiger partial charge in [0.15, 0.2) is 0 Å². The molecule has 0 bridgehead atoms. The van der Waals surface area contributed by atoms with Crippen LogP contribution in [0.15, 0.2) is 77.7 Å². The van der Waals surface area contributed by atoms with Gasteiger partial charge in [-0.05, 0) is 48.4 Å². The summed E-state index contributed by atoms with van der Waals surface area (Å²) in [5.74, 6) is -0.486. The summed E-state index contributed by atoms with van der Waals surface area (Å²) in [7, 11) is -4.05. The van der Waals surface area contributed by atoms with E-state index in [1.54, 1.807) is 43.3 Å². The number of halogens is 2. The predicted octanol–water partition coefficient (Wildman–Crippen LogP) is 4.39. The molecule has 0 aliphatic rings. The van der Waals surface area contributed by atoms with Gasteiger partial charge < -0.3 is 10.1 Å². The van der Waals surface area contributed by atoms with Crippen LogP contribution in [-0.2, 0) is 27.9 Å². The van der Waals surface area contributed by atoms with Crippen molar-refractivity contribution in [2.45, 2.75) is 24.9 Å². The first-order chi connectivity index (χ1) is 15.8. The van der Waals surface area contributed by atoms with Gasteiger partial charge in [-0.25, -0.2) is 12.8 Å². The summed E-state index contributed by atoms with van der Waals surface area (Å²) < 4.78 is 46.4. The molecule has 0 spiro atoms. The molecule has 0 saturated carbocycles. The Morgan fingerprint density at radius 1 is 1.03 bits per heavy atom. The van der Waals surface area contributed by atoms with Crippen molar-refractivity contribution in [2.75, 3.05) is 13.2 Å². The zero-order valence-electron chi connectivity index (χ0n) is 18.0. The van der Waals surface area contributed by atoms with Crippen LogP contribution in [0.4, 0.5) is 4.39 Å². The van der Waals surface area contributed by atoms with Gasteiger partial charge in [0.25, 0.3) is 0 Å². The van der Waals surface area contributed by atoms with Gasteiger partial charge in [0.05, 0.1) is 23.1 Å². The standard InChI is InChI=1S/C24H24ClFN2O4S/c1-2-32-23-13-12-21(14-22(23)25)33(30,31)28(16-19-6-4-3-5-7-19)17-24(29)27-15-18-8-10-20(26)11-9-18/h3-14H,2,15-17H2,1H3,(H,27,29). The fourth-order valence-corrected chi connectivity index (χ4v) is 4.81. The largest absolute Gasteiger partial charge is 0.492 e. The third kappa shape index (κ3) is 6.77. The molecular weight excluding hydrogens is 467 g/mol. The number of benzene rings is 3. The van der Waals surface area contributed by atoms with Crippen molar-refractivity contribution in [3.8, 4) is 5.75 Å². The van der Waals surface area contributed by atoms with Crippen LogP contribution in [0.5, 0.6) is 5.75 Å². The molecule has 0 aliphatic heterocycles. The number of hydrogen-bond donors (Lipinski definition) is 1. The van der Waals surface area contributed by atoms with Crippen LogP contribution >= 0.6 is 11.6 Å². The van der Waals surface area contributed by atoms with Gasteiger partial charge in [-0.15, -0.1) is 0 Å². The Balaban J connectivity index is 1.81. The highest BCUT2D eigenvalue weighted by Gasteiger charge is 2.27. The zero-order chi connectivity index (χ0) is 23.8. The average Bonchev–Trinajstić information content (AvgIpc) is 2.80. The molecule has 3 rings (SSSR count). The quantitative estimate of drug-likeness (QED) is 0.457. The highest BCUT2D eigenvalue weighted by Crippen LogP contribution is 2.29. The maximum absolute atomic E-state index is 13.4. The third-order valence-corrected chi connectivity index (χ3v) is 6.85. The fraction of sp³-hybridized carbons (Fsp3) is 0.208. The molecule has 1 amide bonds. The molecule has 0 saturated heterocycles. The van der Waals surface area contributed by atoms with Crippen molar-refractivity contribution < 1.29 is 22.3 Å². The molecule has 0 aliphatic carbocycles. The molecule has 174 valence electrons. The Labute approximate surface area is 198 Å².